The van der Waals surface area contributed by atoms with Crippen molar-refractivity contribution in [3.8, 4) is 0 Å². The van der Waals surface area contributed by atoms with Crippen molar-refractivity contribution < 1.29 is 33.0 Å². The Bertz CT molecular complexity index is 70.3. The number of hydrogen-bond donors (Lipinski definition) is 3. The summed E-state index contributed by atoms with van der Waals surface area (Å²) >= 11 is 7.77. The van der Waals surface area contributed by atoms with Gasteiger partial charge in [-0.15, -0.1) is 0 Å². The van der Waals surface area contributed by atoms with Gasteiger partial charge in [0.05, 0.1) is 0 Å². The first-order valence-electron chi connectivity index (χ1n) is 0.949. The molecule has 0 aliphatic carbocycles. The van der Waals surface area contributed by atoms with E-state index in [9.17, 15) is 0 Å². The van der Waals surface area contributed by atoms with E-state index in [4.69, 9.17) is 13.2 Å². The summed E-state index contributed by atoms with van der Waals surface area (Å²) in [5.41, 5.74) is -3.11. The fourth-order valence-corrected chi connectivity index (χ4v) is 0. The van der Waals surface area contributed by atoms with Gasteiger partial charge < -0.3 is 9.79 Å². The average Bonchev–Trinajstić information content (AvgIpc) is 1.36. The van der Waals surface area contributed by atoms with Crippen LogP contribution in [0, 0.1) is 0 Å². The molecule has 2 N–H and O–H groups in total. The summed E-state index contributed by atoms with van der Waals surface area (Å²) in [6.45, 7) is 0. The third-order valence-electron chi connectivity index (χ3n) is 0. The van der Waals surface area contributed by atoms with Crippen LogP contribution in [0.2, 0.25) is 0 Å². The van der Waals surface area contributed by atoms with Gasteiger partial charge in [-0.3, -0.25) is 0 Å². The second-order valence-electron chi connectivity index (χ2n) is 0.513. The summed E-state index contributed by atoms with van der Waals surface area (Å²) in [5.74, 6) is 0. The normalized spacial score (nSPS) is 7.88. The van der Waals surface area contributed by atoms with Crippen LogP contribution >= 0.6 is 31.4 Å². The van der Waals surface area contributed by atoms with Gasteiger partial charge in [-0.05, 0) is 11.8 Å². The van der Waals surface area contributed by atoms with Crippen molar-refractivity contribution in [1.82, 2.24) is 0 Å². The molecule has 3 nitrogen and oxygen atoms in total. The van der Waals surface area contributed by atoms with E-state index >= 15 is 0 Å². The maximum atomic E-state index is 8.26. The second-order valence-corrected chi connectivity index (χ2v) is 5.55. The van der Waals surface area contributed by atoms with E-state index in [0.717, 1.165) is 0 Å². The first kappa shape index (κ1) is 16.4. The Kier molecular flexibility index (Phi) is 17.9. The van der Waals surface area contributed by atoms with Gasteiger partial charge in [0, 0.05) is 0 Å². The van der Waals surface area contributed by atoms with Gasteiger partial charge in [-0.25, -0.2) is 0 Å². The number of rotatable bonds is 0. The summed E-state index contributed by atoms with van der Waals surface area (Å²) in [6, 6.07) is 0. The van der Waals surface area contributed by atoms with E-state index in [2.05, 4.69) is 24.1 Å². The maximum absolute atomic E-state index is 8.26. The predicted molar refractivity (Wildman–Crippen MR) is 38.8 cm³/mol. The number of thiol groups is 1. The van der Waals surface area contributed by atoms with Crippen LogP contribution in [0.1, 0.15) is 0 Å². The average molecular weight is 276 g/mol. The van der Waals surface area contributed by atoms with Crippen LogP contribution in [0.3, 0.4) is 0 Å². The Hall–Kier alpha value is 1.76. The molecule has 0 spiro atoms. The molecule has 0 amide bonds. The van der Waals surface area contributed by atoms with Crippen molar-refractivity contribution in [2.24, 2.45) is 0 Å². The second kappa shape index (κ2) is 8.76. The summed E-state index contributed by atoms with van der Waals surface area (Å²) in [5, 5.41) is 0. The molecular formula is H5MoO3PS3. The van der Waals surface area contributed by atoms with Gasteiger partial charge in [0.1, 0.15) is 0 Å². The molecule has 8 heavy (non-hydrogen) atoms. The van der Waals surface area contributed by atoms with Crippen molar-refractivity contribution in [3.63, 3.8) is 0 Å². The molecule has 0 aromatic carbocycles. The van der Waals surface area contributed by atoms with Crippen molar-refractivity contribution in [2.75, 3.05) is 0 Å². The monoisotopic (exact) mass is 278 g/mol. The van der Waals surface area contributed by atoms with Crippen molar-refractivity contribution in [1.29, 1.82) is 0 Å². The van der Waals surface area contributed by atoms with Crippen molar-refractivity contribution >= 4 is 43.2 Å². The molecule has 0 fully saturated rings. The quantitative estimate of drug-likeness (QED) is 0.334. The summed E-state index contributed by atoms with van der Waals surface area (Å²) < 4.78 is 8.26. The van der Waals surface area contributed by atoms with E-state index in [0.29, 0.717) is 19.8 Å². The molecule has 0 heterocycles. The van der Waals surface area contributed by atoms with Crippen LogP contribution in [0.25, 0.3) is 0 Å². The fraction of sp³-hybridized carbons (Fsp3) is 0. The van der Waals surface area contributed by atoms with E-state index in [-0.39, 0.29) is 13.5 Å². The summed E-state index contributed by atoms with van der Waals surface area (Å²) in [6.07, 6.45) is 0. The topological polar surface area (TPSA) is 57.5 Å². The third-order valence-corrected chi connectivity index (χ3v) is 0. The van der Waals surface area contributed by atoms with E-state index in [1.807, 2.05) is 0 Å². The Balaban J connectivity index is -0.0000000750. The predicted octanol–water partition coefficient (Wildman–Crippen LogP) is 0.117. The van der Waals surface area contributed by atoms with Crippen LogP contribution in [0.5, 0.6) is 0 Å². The molecule has 8 heteroatoms. The van der Waals surface area contributed by atoms with E-state index in [1.54, 1.807) is 0 Å². The van der Waals surface area contributed by atoms with Gasteiger partial charge in [0.15, 0.2) is 0 Å². The molecule has 52 valence electrons. The van der Waals surface area contributed by atoms with Gasteiger partial charge in [0.25, 0.3) is 0 Å². The third kappa shape index (κ3) is 115. The summed E-state index contributed by atoms with van der Waals surface area (Å²) in [4.78, 5) is 15.7. The molecule has 0 bridgehead atoms. The molecule has 0 aliphatic heterocycles. The zero-order valence-corrected chi connectivity index (χ0v) is 9.13. The Morgan fingerprint density at radius 2 is 1.50 bits per heavy atom. The summed E-state index contributed by atoms with van der Waals surface area (Å²) in [7, 11) is 0. The Morgan fingerprint density at radius 1 is 1.50 bits per heavy atom. The van der Waals surface area contributed by atoms with Gasteiger partial charge in [-0.1, -0.05) is 12.2 Å². The Morgan fingerprint density at radius 3 is 1.50 bits per heavy atom. The molecule has 0 aromatic rings. The number of hydrogen-bond acceptors (Lipinski definition) is 2. The van der Waals surface area contributed by atoms with Gasteiger partial charge in [0.2, 0.25) is 5.69 Å². The zero-order chi connectivity index (χ0) is 6.50. The minimum atomic E-state index is -3.11. The molecule has 0 saturated heterocycles. The van der Waals surface area contributed by atoms with Crippen LogP contribution in [0.4, 0.5) is 0 Å². The molecule has 0 radical (unpaired) electrons. The zero-order valence-electron chi connectivity index (χ0n) is 3.51. The van der Waals surface area contributed by atoms with Gasteiger partial charge >= 0.3 is 23.2 Å². The molecule has 0 aromatic heterocycles. The van der Waals surface area contributed by atoms with Crippen LogP contribution < -0.4 is 0 Å². The minimum absolute atomic E-state index is 0. The molecule has 0 aliphatic rings. The van der Waals surface area contributed by atoms with Crippen LogP contribution in [-0.2, 0) is 35.0 Å². The Labute approximate surface area is 75.9 Å². The van der Waals surface area contributed by atoms with Crippen LogP contribution in [0.15, 0.2) is 0 Å². The molecular weight excluding hydrogens is 271 g/mol. The first-order valence-corrected chi connectivity index (χ1v) is 5.63. The molecule has 0 unspecified atom stereocenters. The van der Waals surface area contributed by atoms with E-state index < -0.39 is 5.69 Å². The van der Waals surface area contributed by atoms with Crippen molar-refractivity contribution in [3.05, 3.63) is 0 Å². The molecule has 0 atom stereocenters. The first-order chi connectivity index (χ1) is 3.00. The SMILES string of the molecule is OP(O)(=S)S.S.[O]=[Mo]. The van der Waals surface area contributed by atoms with E-state index in [1.165, 1.54) is 0 Å². The van der Waals surface area contributed by atoms with Crippen molar-refractivity contribution in [2.45, 2.75) is 0 Å². The fourth-order valence-electron chi connectivity index (χ4n) is 0. The molecule has 0 rings (SSSR count). The van der Waals surface area contributed by atoms with Gasteiger partial charge in [-0.2, -0.15) is 13.5 Å². The van der Waals surface area contributed by atoms with Crippen LogP contribution in [-0.4, -0.2) is 9.79 Å². The molecule has 0 saturated carbocycles. The standard InChI is InChI=1S/Mo.H3O2PS2.O.H2S/c;1-3(2,4)5;;/h;(H3,1,2,4,5);;1H2.